The zero-order chi connectivity index (χ0) is 13.2. The maximum absolute atomic E-state index is 8.48. The molecule has 18 heavy (non-hydrogen) atoms. The van der Waals surface area contributed by atoms with Crippen LogP contribution in [0.3, 0.4) is 0 Å². The van der Waals surface area contributed by atoms with E-state index >= 15 is 0 Å². The van der Waals surface area contributed by atoms with Crippen LogP contribution in [-0.4, -0.2) is 76.9 Å². The fraction of sp³-hybridized carbons (Fsp3) is 0.900. The van der Waals surface area contributed by atoms with Gasteiger partial charge >= 0.3 is 29.6 Å². The third-order valence-corrected chi connectivity index (χ3v) is 1.47. The van der Waals surface area contributed by atoms with E-state index in [4.69, 9.17) is 20.4 Å². The van der Waals surface area contributed by atoms with Crippen molar-refractivity contribution < 1.29 is 55.5 Å². The van der Waals surface area contributed by atoms with Crippen molar-refractivity contribution in [1.82, 2.24) is 4.90 Å². The molecule has 0 amide bonds. The standard InChI is InChI=1S/C6H15NO3.C3H8O.CH4N.Na.H2O/c8-4-1-7(2-5-9)3-6-10;1-2-3-4;1-2;;/h8-10H,1-6H2;4H,2-3H2,1H3;1-2H2;;1H2/q;;-1;+1;. The molecule has 0 saturated heterocycles. The van der Waals surface area contributed by atoms with Gasteiger partial charge in [0.1, 0.15) is 0 Å². The van der Waals surface area contributed by atoms with Crippen LogP contribution in [-0.2, 0) is 0 Å². The Hall–Kier alpha value is 0.720. The minimum Gasteiger partial charge on any atom is -0.486 e. The predicted molar refractivity (Wildman–Crippen MR) is 68.2 cm³/mol. The number of hydrogen-bond acceptors (Lipinski definition) is 6. The van der Waals surface area contributed by atoms with E-state index in [1.54, 1.807) is 4.90 Å². The van der Waals surface area contributed by atoms with E-state index in [9.17, 15) is 0 Å². The second kappa shape index (κ2) is 36.1. The molecule has 7 nitrogen and oxygen atoms in total. The first-order valence-electron chi connectivity index (χ1n) is 5.33. The summed E-state index contributed by atoms with van der Waals surface area (Å²) in [6.45, 7) is 4.00. The van der Waals surface area contributed by atoms with E-state index in [-0.39, 0.29) is 54.9 Å². The summed E-state index contributed by atoms with van der Waals surface area (Å²) >= 11 is 0. The maximum atomic E-state index is 8.48. The van der Waals surface area contributed by atoms with E-state index in [2.05, 4.69) is 12.8 Å². The summed E-state index contributed by atoms with van der Waals surface area (Å²) in [6.07, 6.45) is 0.875. The largest absolute Gasteiger partial charge is 1.00 e. The molecule has 0 aromatic rings. The summed E-state index contributed by atoms with van der Waals surface area (Å²) in [7, 11) is 2.75. The smallest absolute Gasteiger partial charge is 0.486 e. The second-order valence-corrected chi connectivity index (χ2v) is 2.74. The van der Waals surface area contributed by atoms with Gasteiger partial charge in [-0.3, -0.25) is 11.9 Å². The van der Waals surface area contributed by atoms with Gasteiger partial charge in [0.2, 0.25) is 0 Å². The molecule has 0 aliphatic carbocycles. The Morgan fingerprint density at radius 3 is 1.17 bits per heavy atom. The molecular formula is C10H29N2NaO5. The molecule has 0 rings (SSSR count). The van der Waals surface area contributed by atoms with Crippen LogP contribution in [0.1, 0.15) is 13.3 Å². The number of nitrogens with zero attached hydrogens (tertiary/aromatic N) is 1. The summed E-state index contributed by atoms with van der Waals surface area (Å²) in [5, 5.41) is 33.3. The number of hydrogen-bond donors (Lipinski definition) is 5. The van der Waals surface area contributed by atoms with Crippen molar-refractivity contribution in [1.29, 1.82) is 0 Å². The molecule has 0 aromatic carbocycles. The van der Waals surface area contributed by atoms with Gasteiger partial charge in [0, 0.05) is 26.2 Å². The molecule has 0 radical (unpaired) electrons. The maximum Gasteiger partial charge on any atom is 1.00 e. The van der Waals surface area contributed by atoms with Crippen molar-refractivity contribution in [3.63, 3.8) is 0 Å². The summed E-state index contributed by atoms with van der Waals surface area (Å²) in [5.74, 6) is 0. The number of aliphatic hydroxyl groups is 4. The Labute approximate surface area is 132 Å². The average molecular weight is 280 g/mol. The molecule has 0 unspecified atom stereocenters. The zero-order valence-electron chi connectivity index (χ0n) is 11.7. The van der Waals surface area contributed by atoms with E-state index in [1.807, 2.05) is 6.92 Å². The van der Waals surface area contributed by atoms with E-state index in [0.29, 0.717) is 26.2 Å². The molecule has 110 valence electrons. The number of aliphatic hydroxyl groups excluding tert-OH is 4. The Morgan fingerprint density at radius 2 is 1.06 bits per heavy atom. The van der Waals surface area contributed by atoms with Crippen molar-refractivity contribution in [2.45, 2.75) is 13.3 Å². The molecular weight excluding hydrogens is 251 g/mol. The van der Waals surface area contributed by atoms with Crippen LogP contribution in [0.4, 0.5) is 0 Å². The normalized spacial score (nSPS) is 8.00. The van der Waals surface area contributed by atoms with Gasteiger partial charge in [-0.1, -0.05) is 6.92 Å². The SMILES string of the molecule is CCCO.O.OCCN(CCO)CCO.[CH2-]N.[Na+]. The molecule has 0 aliphatic rings. The third kappa shape index (κ3) is 36.0. The fourth-order valence-electron chi connectivity index (χ4n) is 0.760. The molecule has 0 heterocycles. The third-order valence-electron chi connectivity index (χ3n) is 1.47. The molecule has 0 saturated carbocycles. The van der Waals surface area contributed by atoms with Crippen molar-refractivity contribution in [3.05, 3.63) is 7.05 Å². The summed E-state index contributed by atoms with van der Waals surface area (Å²) < 4.78 is 0. The minimum absolute atomic E-state index is 0. The van der Waals surface area contributed by atoms with Gasteiger partial charge < -0.3 is 31.6 Å². The number of rotatable bonds is 7. The van der Waals surface area contributed by atoms with E-state index in [0.717, 1.165) is 6.42 Å². The topological polar surface area (TPSA) is 142 Å². The van der Waals surface area contributed by atoms with Gasteiger partial charge in [0.05, 0.1) is 19.8 Å². The van der Waals surface area contributed by atoms with Crippen LogP contribution in [0.25, 0.3) is 0 Å². The van der Waals surface area contributed by atoms with Crippen LogP contribution < -0.4 is 35.3 Å². The first-order chi connectivity index (χ1) is 7.76. The molecule has 8 heteroatoms. The molecule has 0 spiro atoms. The zero-order valence-corrected chi connectivity index (χ0v) is 13.7. The van der Waals surface area contributed by atoms with Crippen molar-refractivity contribution in [2.75, 3.05) is 46.1 Å². The first-order valence-corrected chi connectivity index (χ1v) is 5.33. The Morgan fingerprint density at radius 1 is 0.833 bits per heavy atom. The predicted octanol–water partition coefficient (Wildman–Crippen LogP) is -5.43. The second-order valence-electron chi connectivity index (χ2n) is 2.74. The van der Waals surface area contributed by atoms with E-state index < -0.39 is 0 Å². The first kappa shape index (κ1) is 31.2. The van der Waals surface area contributed by atoms with Crippen molar-refractivity contribution >= 4 is 0 Å². The molecule has 0 aromatic heterocycles. The Kier molecular flexibility index (Phi) is 62.6. The van der Waals surface area contributed by atoms with Gasteiger partial charge in [-0.25, -0.2) is 0 Å². The van der Waals surface area contributed by atoms with Crippen LogP contribution in [0, 0.1) is 7.05 Å². The molecule has 0 aliphatic heterocycles. The van der Waals surface area contributed by atoms with Gasteiger partial charge in [-0.2, -0.15) is 0 Å². The van der Waals surface area contributed by atoms with Gasteiger partial charge in [-0.05, 0) is 6.42 Å². The van der Waals surface area contributed by atoms with Crippen molar-refractivity contribution in [3.8, 4) is 0 Å². The summed E-state index contributed by atoms with van der Waals surface area (Å²) in [6, 6.07) is 0. The van der Waals surface area contributed by atoms with E-state index in [1.165, 1.54) is 0 Å². The van der Waals surface area contributed by atoms with Crippen LogP contribution in [0.2, 0.25) is 0 Å². The Balaban J connectivity index is -0.0000000607. The van der Waals surface area contributed by atoms with Crippen LogP contribution in [0.5, 0.6) is 0 Å². The Bertz CT molecular complexity index is 88.1. The molecule has 0 atom stereocenters. The minimum atomic E-state index is 0. The summed E-state index contributed by atoms with van der Waals surface area (Å²) in [5.41, 5.74) is 4.25. The quantitative estimate of drug-likeness (QED) is 0.233. The average Bonchev–Trinajstić information content (AvgIpc) is 2.33. The van der Waals surface area contributed by atoms with Gasteiger partial charge in [0.15, 0.2) is 0 Å². The van der Waals surface area contributed by atoms with Crippen molar-refractivity contribution in [2.24, 2.45) is 5.73 Å². The number of nitrogens with two attached hydrogens (primary N) is 1. The van der Waals surface area contributed by atoms with Gasteiger partial charge in [-0.15, -0.1) is 0 Å². The summed E-state index contributed by atoms with van der Waals surface area (Å²) in [4.78, 5) is 1.79. The van der Waals surface area contributed by atoms with Crippen LogP contribution >= 0.6 is 0 Å². The molecule has 0 bridgehead atoms. The fourth-order valence-corrected chi connectivity index (χ4v) is 0.760. The molecule has 0 fully saturated rings. The van der Waals surface area contributed by atoms with Gasteiger partial charge in [0.25, 0.3) is 0 Å². The van der Waals surface area contributed by atoms with Crippen LogP contribution in [0.15, 0.2) is 0 Å². The monoisotopic (exact) mass is 280 g/mol. The molecule has 8 N–H and O–H groups in total.